The molecule has 0 bridgehead atoms. The minimum atomic E-state index is -3.75. The lowest BCUT2D eigenvalue weighted by molar-refractivity contribution is -0.133. The van der Waals surface area contributed by atoms with Crippen molar-refractivity contribution in [2.45, 2.75) is 6.92 Å². The molecule has 0 heterocycles. The number of carbonyl (C=O) groups is 1. The van der Waals surface area contributed by atoms with E-state index in [0.717, 1.165) is 7.11 Å². The molecule has 1 N–H and O–H groups in total. The van der Waals surface area contributed by atoms with Crippen LogP contribution in [0.25, 0.3) is 0 Å². The minimum Gasteiger partial charge on any atom is -0.409 e. The maximum absolute atomic E-state index is 11.6. The first-order valence-corrected chi connectivity index (χ1v) is 5.37. The fourth-order valence-corrected chi connectivity index (χ4v) is 1.48. The third-order valence-electron chi connectivity index (χ3n) is 1.06. The van der Waals surface area contributed by atoms with Gasteiger partial charge < -0.3 is 4.52 Å². The van der Waals surface area contributed by atoms with E-state index in [-0.39, 0.29) is 5.76 Å². The third kappa shape index (κ3) is 6.24. The van der Waals surface area contributed by atoms with Gasteiger partial charge in [-0.3, -0.25) is 18.7 Å². The lowest BCUT2D eigenvalue weighted by atomic mass is 10.7. The fraction of sp³-hybridized carbons (Fsp3) is 0.571. The van der Waals surface area contributed by atoms with Crippen molar-refractivity contribution < 1.29 is 27.8 Å². The molecule has 0 aromatic carbocycles. The Morgan fingerprint density at radius 1 is 1.47 bits per heavy atom. The average molecular weight is 239 g/mol. The lowest BCUT2D eigenvalue weighted by Crippen LogP contribution is -2.26. The van der Waals surface area contributed by atoms with Crippen molar-refractivity contribution >= 4 is 13.7 Å². The van der Waals surface area contributed by atoms with Crippen molar-refractivity contribution in [1.29, 1.82) is 0 Å². The zero-order chi connectivity index (χ0) is 11.9. The topological polar surface area (TPSA) is 83.1 Å². The summed E-state index contributed by atoms with van der Waals surface area (Å²) in [4.78, 5) is 15.2. The summed E-state index contributed by atoms with van der Waals surface area (Å²) in [6.45, 7) is 4.34. The van der Waals surface area contributed by atoms with Crippen LogP contribution in [0.1, 0.15) is 6.92 Å². The van der Waals surface area contributed by atoms with Gasteiger partial charge in [-0.2, -0.15) is 0 Å². The summed E-state index contributed by atoms with van der Waals surface area (Å²) in [6, 6.07) is 0. The number of carbonyl (C=O) groups excluding carboxylic acids is 1. The number of amides is 1. The van der Waals surface area contributed by atoms with E-state index < -0.39 is 20.3 Å². The van der Waals surface area contributed by atoms with Crippen LogP contribution in [-0.4, -0.2) is 26.7 Å². The second-order valence-electron chi connectivity index (χ2n) is 2.43. The van der Waals surface area contributed by atoms with E-state index in [4.69, 9.17) is 4.52 Å². The first-order chi connectivity index (χ1) is 6.93. The number of hydrogen-bond donors (Lipinski definition) is 1. The molecule has 0 radical (unpaired) electrons. The number of nitrogens with one attached hydrogen (secondary N) is 1. The van der Waals surface area contributed by atoms with Gasteiger partial charge >= 0.3 is 7.82 Å². The number of phosphoric acid groups is 1. The van der Waals surface area contributed by atoms with Crippen LogP contribution in [0.5, 0.6) is 0 Å². The van der Waals surface area contributed by atoms with Gasteiger partial charge in [0.15, 0.2) is 0 Å². The Bertz CT molecular complexity index is 279. The first kappa shape index (κ1) is 14.1. The van der Waals surface area contributed by atoms with Crippen LogP contribution in [0.4, 0.5) is 0 Å². The molecule has 15 heavy (non-hydrogen) atoms. The van der Waals surface area contributed by atoms with Crippen molar-refractivity contribution in [2.24, 2.45) is 0 Å². The van der Waals surface area contributed by atoms with Crippen molar-refractivity contribution in [1.82, 2.24) is 5.48 Å². The van der Waals surface area contributed by atoms with E-state index in [0.29, 0.717) is 0 Å². The van der Waals surface area contributed by atoms with Crippen LogP contribution in [0.2, 0.25) is 0 Å². The monoisotopic (exact) mass is 239 g/mol. The van der Waals surface area contributed by atoms with E-state index in [9.17, 15) is 9.36 Å². The van der Waals surface area contributed by atoms with Crippen LogP contribution in [-0.2, 0) is 27.8 Å². The summed E-state index contributed by atoms with van der Waals surface area (Å²) >= 11 is 0. The number of hydroxylamine groups is 1. The summed E-state index contributed by atoms with van der Waals surface area (Å²) in [5.41, 5.74) is 1.98. The van der Waals surface area contributed by atoms with E-state index in [1.807, 2.05) is 5.48 Å². The first-order valence-electron chi connectivity index (χ1n) is 3.90. The molecule has 88 valence electrons. The van der Waals surface area contributed by atoms with Gasteiger partial charge in [0.05, 0.1) is 12.9 Å². The molecule has 1 amide bonds. The zero-order valence-corrected chi connectivity index (χ0v) is 9.71. The normalized spacial score (nSPS) is 14.1. The van der Waals surface area contributed by atoms with Gasteiger partial charge in [0.1, 0.15) is 6.61 Å². The molecule has 0 aliphatic rings. The number of rotatable bonds is 7. The number of phosphoric ester groups is 1. The van der Waals surface area contributed by atoms with Gasteiger partial charge in [-0.25, -0.2) is 10.0 Å². The number of allylic oxidation sites excluding steroid dienone is 1. The van der Waals surface area contributed by atoms with Gasteiger partial charge in [0, 0.05) is 7.11 Å². The zero-order valence-electron chi connectivity index (χ0n) is 8.81. The lowest BCUT2D eigenvalue weighted by Gasteiger charge is -2.15. The molecule has 1 unspecified atom stereocenters. The predicted octanol–water partition coefficient (Wildman–Crippen LogP) is 0.985. The molecule has 7 nitrogen and oxygen atoms in total. The van der Waals surface area contributed by atoms with E-state index in [1.54, 1.807) is 0 Å². The van der Waals surface area contributed by atoms with Gasteiger partial charge in [-0.1, -0.05) is 6.58 Å². The molecule has 0 aromatic rings. The van der Waals surface area contributed by atoms with Gasteiger partial charge in [-0.05, 0) is 6.92 Å². The summed E-state index contributed by atoms with van der Waals surface area (Å²) in [6.07, 6.45) is 0. The van der Waals surface area contributed by atoms with Crippen molar-refractivity contribution in [3.8, 4) is 0 Å². The van der Waals surface area contributed by atoms with Crippen LogP contribution in [0.15, 0.2) is 12.3 Å². The molecular formula is C7H14NO6P. The van der Waals surface area contributed by atoms with Gasteiger partial charge in [0.2, 0.25) is 0 Å². The molecule has 8 heteroatoms. The Morgan fingerprint density at radius 3 is 2.47 bits per heavy atom. The summed E-state index contributed by atoms with van der Waals surface area (Å²) < 4.78 is 25.4. The molecular weight excluding hydrogens is 225 g/mol. The van der Waals surface area contributed by atoms with E-state index in [2.05, 4.69) is 20.5 Å². The average Bonchev–Trinajstić information content (AvgIpc) is 2.14. The Hall–Kier alpha value is -0.880. The Morgan fingerprint density at radius 2 is 2.07 bits per heavy atom. The molecule has 0 spiro atoms. The minimum absolute atomic E-state index is 0.160. The Labute approximate surface area is 87.9 Å². The van der Waals surface area contributed by atoms with Crippen molar-refractivity contribution in [3.63, 3.8) is 0 Å². The fourth-order valence-electron chi connectivity index (χ4n) is 0.588. The smallest absolute Gasteiger partial charge is 0.409 e. The third-order valence-corrected chi connectivity index (χ3v) is 2.49. The molecule has 1 atom stereocenters. The summed E-state index contributed by atoms with van der Waals surface area (Å²) in [7, 11) is -1.35. The summed E-state index contributed by atoms with van der Waals surface area (Å²) in [5, 5.41) is 0. The second kappa shape index (κ2) is 6.58. The SMILES string of the molecule is C=C(C)OP(=O)(OC)OCC(=O)NOC. The molecule has 0 saturated carbocycles. The maximum Gasteiger partial charge on any atom is 0.529 e. The van der Waals surface area contributed by atoms with E-state index in [1.165, 1.54) is 14.0 Å². The van der Waals surface area contributed by atoms with Crippen LogP contribution >= 0.6 is 7.82 Å². The van der Waals surface area contributed by atoms with Crippen molar-refractivity contribution in [3.05, 3.63) is 12.3 Å². The molecule has 0 aromatic heterocycles. The van der Waals surface area contributed by atoms with Gasteiger partial charge in [0.25, 0.3) is 5.91 Å². The predicted molar refractivity (Wildman–Crippen MR) is 51.6 cm³/mol. The van der Waals surface area contributed by atoms with Crippen LogP contribution < -0.4 is 5.48 Å². The molecule has 0 rings (SSSR count). The molecule has 0 aliphatic carbocycles. The van der Waals surface area contributed by atoms with E-state index >= 15 is 0 Å². The number of hydrogen-bond acceptors (Lipinski definition) is 6. The highest BCUT2D eigenvalue weighted by molar-refractivity contribution is 7.48. The molecule has 0 fully saturated rings. The van der Waals surface area contributed by atoms with Gasteiger partial charge in [-0.15, -0.1) is 0 Å². The highest BCUT2D eigenvalue weighted by atomic mass is 31.2. The highest BCUT2D eigenvalue weighted by Crippen LogP contribution is 2.49. The highest BCUT2D eigenvalue weighted by Gasteiger charge is 2.27. The Balaban J connectivity index is 4.15. The largest absolute Gasteiger partial charge is 0.529 e. The van der Waals surface area contributed by atoms with Crippen LogP contribution in [0, 0.1) is 0 Å². The van der Waals surface area contributed by atoms with Crippen molar-refractivity contribution in [2.75, 3.05) is 20.8 Å². The molecule has 0 saturated heterocycles. The standard InChI is InChI=1S/C7H14NO6P/c1-6(2)14-15(10,12-4)13-5-7(9)8-11-3/h1,5H2,2-4H3,(H,8,9). The Kier molecular flexibility index (Phi) is 6.19. The quantitative estimate of drug-likeness (QED) is 0.405. The van der Waals surface area contributed by atoms with Crippen LogP contribution in [0.3, 0.4) is 0 Å². The second-order valence-corrected chi connectivity index (χ2v) is 4.13. The molecule has 0 aliphatic heterocycles. The maximum atomic E-state index is 11.6. The summed E-state index contributed by atoms with van der Waals surface area (Å²) in [5.74, 6) is -0.451.